The molecule has 0 aromatic heterocycles. The molecule has 0 bridgehead atoms. The van der Waals surface area contributed by atoms with E-state index in [1.54, 1.807) is 0 Å². The van der Waals surface area contributed by atoms with Crippen LogP contribution in [0.25, 0.3) is 0 Å². The third-order valence-electron chi connectivity index (χ3n) is 0.885. The van der Waals surface area contributed by atoms with Crippen LogP contribution in [0.3, 0.4) is 0 Å². The topological polar surface area (TPSA) is 60.7 Å². The predicted octanol–water partition coefficient (Wildman–Crippen LogP) is -3.25. The number of hydrogen-bond acceptors (Lipinski definition) is 3. The van der Waals surface area contributed by atoms with Crippen LogP contribution in [0.4, 0.5) is 0 Å². The fraction of sp³-hybridized carbons (Fsp3) is 0.143. The average Bonchev–Trinajstić information content (AvgIpc) is 1.87. The second kappa shape index (κ2) is 9.25. The summed E-state index contributed by atoms with van der Waals surface area (Å²) in [6.07, 6.45) is 0. The van der Waals surface area contributed by atoms with E-state index in [2.05, 4.69) is 13.0 Å². The Morgan fingerprint density at radius 1 is 1.17 bits per heavy atom. The monoisotopic (exact) mass is 176 g/mol. The molecule has 0 atom stereocenters. The van der Waals surface area contributed by atoms with Gasteiger partial charge in [-0.25, -0.2) is 0 Å². The van der Waals surface area contributed by atoms with E-state index in [0.29, 0.717) is 0 Å². The van der Waals surface area contributed by atoms with Gasteiger partial charge in [0.1, 0.15) is 0 Å². The van der Waals surface area contributed by atoms with Crippen molar-refractivity contribution in [2.75, 3.05) is 0 Å². The molecule has 0 aliphatic carbocycles. The minimum atomic E-state index is -2.17. The van der Waals surface area contributed by atoms with Crippen LogP contribution in [0.15, 0.2) is 24.3 Å². The summed E-state index contributed by atoms with van der Waals surface area (Å²) < 4.78 is 0. The zero-order valence-electron chi connectivity index (χ0n) is 7.23. The van der Waals surface area contributed by atoms with Crippen molar-refractivity contribution in [2.24, 2.45) is 0 Å². The molecular formula is C7H10BNaO3. The molecule has 1 aromatic rings. The Balaban J connectivity index is 0. The first-order valence-electron chi connectivity index (χ1n) is 3.10. The maximum atomic E-state index is 7.17. The summed E-state index contributed by atoms with van der Waals surface area (Å²) >= 11 is 0. The summed E-state index contributed by atoms with van der Waals surface area (Å²) in [4.78, 5) is 0. The zero-order valence-corrected chi connectivity index (χ0v) is 9.23. The molecule has 0 amide bonds. The molecule has 0 radical (unpaired) electrons. The van der Waals surface area contributed by atoms with E-state index in [-0.39, 0.29) is 29.6 Å². The van der Waals surface area contributed by atoms with Crippen molar-refractivity contribution >= 4 is 7.32 Å². The number of aryl methyl sites for hydroxylation is 1. The van der Waals surface area contributed by atoms with Crippen LogP contribution in [-0.2, 0) is 0 Å². The van der Waals surface area contributed by atoms with Gasteiger partial charge in [0.05, 0.1) is 0 Å². The molecule has 5 heteroatoms. The smallest absolute Gasteiger partial charge is 0.402 e. The summed E-state index contributed by atoms with van der Waals surface area (Å²) in [5, 5.41) is 21.5. The molecule has 3 N–H and O–H groups in total. The van der Waals surface area contributed by atoms with E-state index >= 15 is 0 Å². The van der Waals surface area contributed by atoms with Crippen LogP contribution >= 0.6 is 0 Å². The molecule has 60 valence electrons. The Morgan fingerprint density at radius 2 is 1.50 bits per heavy atom. The van der Waals surface area contributed by atoms with Gasteiger partial charge in [-0.1, -0.05) is 6.92 Å². The maximum absolute atomic E-state index is 7.17. The Hall–Kier alpha value is 0.165. The fourth-order valence-electron chi connectivity index (χ4n) is 0.470. The SMILES string of the molecule is Cc1cc[c-]cc1.OB(O)O.[Na+]. The maximum Gasteiger partial charge on any atom is 1.00 e. The first-order valence-corrected chi connectivity index (χ1v) is 3.10. The summed E-state index contributed by atoms with van der Waals surface area (Å²) in [7, 11) is -2.17. The van der Waals surface area contributed by atoms with Gasteiger partial charge in [-0.05, 0) is 0 Å². The van der Waals surface area contributed by atoms with Crippen molar-refractivity contribution in [3.63, 3.8) is 0 Å². The Morgan fingerprint density at radius 3 is 1.67 bits per heavy atom. The van der Waals surface area contributed by atoms with Gasteiger partial charge in [-0.2, -0.15) is 35.9 Å². The first-order chi connectivity index (χ1) is 5.13. The van der Waals surface area contributed by atoms with Crippen LogP contribution in [0, 0.1) is 13.0 Å². The van der Waals surface area contributed by atoms with Crippen molar-refractivity contribution < 1.29 is 44.6 Å². The van der Waals surface area contributed by atoms with Crippen molar-refractivity contribution in [2.45, 2.75) is 6.92 Å². The van der Waals surface area contributed by atoms with Crippen LogP contribution in [0.5, 0.6) is 0 Å². The molecule has 1 aromatic carbocycles. The van der Waals surface area contributed by atoms with E-state index in [9.17, 15) is 0 Å². The summed E-state index contributed by atoms with van der Waals surface area (Å²) in [6, 6.07) is 10.8. The molecule has 0 heterocycles. The van der Waals surface area contributed by atoms with Crippen molar-refractivity contribution in [3.05, 3.63) is 35.9 Å². The summed E-state index contributed by atoms with van der Waals surface area (Å²) in [6.45, 7) is 2.06. The molecule has 0 spiro atoms. The van der Waals surface area contributed by atoms with Gasteiger partial charge in [0.15, 0.2) is 0 Å². The number of rotatable bonds is 0. The molecule has 0 aliphatic heterocycles. The zero-order chi connectivity index (χ0) is 8.69. The average molecular weight is 176 g/mol. The minimum absolute atomic E-state index is 0. The van der Waals surface area contributed by atoms with Gasteiger partial charge >= 0.3 is 36.9 Å². The fourth-order valence-corrected chi connectivity index (χ4v) is 0.470. The first kappa shape index (κ1) is 14.7. The molecule has 0 saturated carbocycles. The van der Waals surface area contributed by atoms with Gasteiger partial charge in [0.2, 0.25) is 0 Å². The van der Waals surface area contributed by atoms with E-state index in [0.717, 1.165) is 0 Å². The van der Waals surface area contributed by atoms with Gasteiger partial charge < -0.3 is 15.1 Å². The molecule has 3 nitrogen and oxygen atoms in total. The molecule has 0 saturated heterocycles. The third-order valence-corrected chi connectivity index (χ3v) is 0.885. The van der Waals surface area contributed by atoms with Gasteiger partial charge in [-0.15, -0.1) is 0 Å². The van der Waals surface area contributed by atoms with Crippen molar-refractivity contribution in [3.8, 4) is 0 Å². The van der Waals surface area contributed by atoms with Crippen molar-refractivity contribution in [1.82, 2.24) is 0 Å². The van der Waals surface area contributed by atoms with E-state index in [1.165, 1.54) is 5.56 Å². The molecule has 0 fully saturated rings. The Labute approximate surface area is 94.5 Å². The molecule has 0 aliphatic rings. The number of hydrogen-bond donors (Lipinski definition) is 3. The van der Waals surface area contributed by atoms with Gasteiger partial charge in [0.25, 0.3) is 0 Å². The van der Waals surface area contributed by atoms with Crippen LogP contribution in [0.1, 0.15) is 5.56 Å². The summed E-state index contributed by atoms with van der Waals surface area (Å²) in [5.41, 5.74) is 1.29. The second-order valence-electron chi connectivity index (χ2n) is 1.92. The standard InChI is InChI=1S/C7H7.BH3O3.Na/c1-7-5-3-2-4-6-7;2-1(3)4;/h3-6H,1H3;2-4H;/q-1;;+1. The predicted molar refractivity (Wildman–Crippen MR) is 42.4 cm³/mol. The van der Waals surface area contributed by atoms with Crippen LogP contribution < -0.4 is 29.6 Å². The van der Waals surface area contributed by atoms with Crippen LogP contribution in [-0.4, -0.2) is 22.4 Å². The van der Waals surface area contributed by atoms with E-state index in [4.69, 9.17) is 15.1 Å². The van der Waals surface area contributed by atoms with E-state index < -0.39 is 7.32 Å². The normalized spacial score (nSPS) is 7.33. The van der Waals surface area contributed by atoms with E-state index in [1.807, 2.05) is 24.3 Å². The van der Waals surface area contributed by atoms with Crippen molar-refractivity contribution in [1.29, 1.82) is 0 Å². The second-order valence-corrected chi connectivity index (χ2v) is 1.92. The third kappa shape index (κ3) is 12.8. The largest absolute Gasteiger partial charge is 1.00 e. The Bertz CT molecular complexity index is 179. The van der Waals surface area contributed by atoms with Gasteiger partial charge in [0, 0.05) is 0 Å². The molecule has 1 rings (SSSR count). The minimum Gasteiger partial charge on any atom is -0.402 e. The number of benzene rings is 1. The van der Waals surface area contributed by atoms with Gasteiger partial charge in [-0.3, -0.25) is 0 Å². The molecule has 0 unspecified atom stereocenters. The Kier molecular flexibility index (Phi) is 11.3. The van der Waals surface area contributed by atoms with Crippen LogP contribution in [0.2, 0.25) is 0 Å². The summed E-state index contributed by atoms with van der Waals surface area (Å²) in [5.74, 6) is 0. The molecule has 12 heavy (non-hydrogen) atoms. The molecular weight excluding hydrogens is 166 g/mol. The quantitative estimate of drug-likeness (QED) is 0.287.